The molecule has 0 unspecified atom stereocenters. The Labute approximate surface area is 89.2 Å². The van der Waals surface area contributed by atoms with Gasteiger partial charge in [0, 0.05) is 18.3 Å². The van der Waals surface area contributed by atoms with Gasteiger partial charge < -0.3 is 10.5 Å². The van der Waals surface area contributed by atoms with Crippen LogP contribution < -0.4 is 5.73 Å². The summed E-state index contributed by atoms with van der Waals surface area (Å²) >= 11 is 0. The molecule has 4 nitrogen and oxygen atoms in total. The summed E-state index contributed by atoms with van der Waals surface area (Å²) < 4.78 is 42.7. The molecule has 1 aromatic rings. The number of carbonyl (C=O) groups excluding carboxylic acids is 1. The highest BCUT2D eigenvalue weighted by Crippen LogP contribution is 2.25. The van der Waals surface area contributed by atoms with E-state index in [1.807, 2.05) is 0 Å². The van der Waals surface area contributed by atoms with E-state index in [4.69, 9.17) is 5.73 Å². The molecular weight excluding hydrogens is 225 g/mol. The van der Waals surface area contributed by atoms with Crippen molar-refractivity contribution < 1.29 is 22.7 Å². The van der Waals surface area contributed by atoms with E-state index in [9.17, 15) is 18.0 Å². The molecule has 0 radical (unpaired) electrons. The van der Waals surface area contributed by atoms with E-state index >= 15 is 0 Å². The zero-order valence-corrected chi connectivity index (χ0v) is 8.34. The average molecular weight is 234 g/mol. The van der Waals surface area contributed by atoms with Crippen molar-refractivity contribution >= 4 is 5.97 Å². The molecule has 0 saturated carbocycles. The molecule has 0 spiro atoms. The minimum atomic E-state index is -3.06. The van der Waals surface area contributed by atoms with Gasteiger partial charge in [-0.25, -0.2) is 18.0 Å². The summed E-state index contributed by atoms with van der Waals surface area (Å²) in [5, 5.41) is 0. The van der Waals surface area contributed by atoms with E-state index in [1.54, 1.807) is 0 Å². The van der Waals surface area contributed by atoms with Crippen LogP contribution in [0.4, 0.5) is 13.2 Å². The maximum atomic E-state index is 13.6. The Kier molecular flexibility index (Phi) is 3.83. The molecule has 88 valence electrons. The highest BCUT2D eigenvalue weighted by Gasteiger charge is 2.26. The van der Waals surface area contributed by atoms with Crippen LogP contribution in [0.25, 0.3) is 0 Å². The molecule has 0 aromatic carbocycles. The zero-order chi connectivity index (χ0) is 12.3. The number of aromatic nitrogens is 1. The van der Waals surface area contributed by atoms with E-state index in [1.165, 1.54) is 0 Å². The molecule has 1 heterocycles. The first-order valence-corrected chi connectivity index (χ1v) is 4.26. The summed E-state index contributed by atoms with van der Waals surface area (Å²) in [6.07, 6.45) is -2.18. The Morgan fingerprint density at radius 2 is 2.25 bits per heavy atom. The van der Waals surface area contributed by atoms with Crippen molar-refractivity contribution in [2.75, 3.05) is 7.11 Å². The number of nitrogens with two attached hydrogens (primary N) is 1. The van der Waals surface area contributed by atoms with Gasteiger partial charge >= 0.3 is 5.97 Å². The Morgan fingerprint density at radius 1 is 1.62 bits per heavy atom. The number of alkyl halides is 2. The van der Waals surface area contributed by atoms with E-state index in [2.05, 4.69) is 9.72 Å². The standard InChI is InChI=1S/C9H9F3N2O2/c1-16-9(15)5-6(10)4(2-13)3-14-7(5)8(11)12/h3,8H,2,13H2,1H3. The molecule has 0 bridgehead atoms. The van der Waals surface area contributed by atoms with Gasteiger partial charge in [-0.15, -0.1) is 0 Å². The number of halogens is 3. The Balaban J connectivity index is 3.42. The fourth-order valence-corrected chi connectivity index (χ4v) is 1.15. The summed E-state index contributed by atoms with van der Waals surface area (Å²) in [6, 6.07) is 0. The molecule has 1 aromatic heterocycles. The lowest BCUT2D eigenvalue weighted by molar-refractivity contribution is 0.0580. The van der Waals surface area contributed by atoms with Crippen LogP contribution >= 0.6 is 0 Å². The van der Waals surface area contributed by atoms with E-state index < -0.39 is 29.5 Å². The normalized spacial score (nSPS) is 10.6. The highest BCUT2D eigenvalue weighted by atomic mass is 19.3. The number of esters is 1. The molecule has 1 rings (SSSR count). The Hall–Kier alpha value is -1.63. The number of ether oxygens (including phenoxy) is 1. The van der Waals surface area contributed by atoms with Crippen molar-refractivity contribution in [3.8, 4) is 0 Å². The molecule has 0 aliphatic heterocycles. The molecule has 0 atom stereocenters. The third-order valence-corrected chi connectivity index (χ3v) is 1.93. The molecule has 2 N–H and O–H groups in total. The van der Waals surface area contributed by atoms with Crippen LogP contribution in [0, 0.1) is 5.82 Å². The fourth-order valence-electron chi connectivity index (χ4n) is 1.15. The smallest absolute Gasteiger partial charge is 0.342 e. The van der Waals surface area contributed by atoms with Crippen molar-refractivity contribution in [2.45, 2.75) is 13.0 Å². The molecule has 0 fully saturated rings. The maximum absolute atomic E-state index is 13.6. The van der Waals surface area contributed by atoms with Gasteiger partial charge in [-0.05, 0) is 0 Å². The minimum Gasteiger partial charge on any atom is -0.465 e. The van der Waals surface area contributed by atoms with Gasteiger partial charge in [0.25, 0.3) is 6.43 Å². The highest BCUT2D eigenvalue weighted by molar-refractivity contribution is 5.91. The van der Waals surface area contributed by atoms with E-state index in [0.29, 0.717) is 0 Å². The number of hydrogen-bond donors (Lipinski definition) is 1. The van der Waals surface area contributed by atoms with E-state index in [0.717, 1.165) is 13.3 Å². The van der Waals surface area contributed by atoms with Gasteiger partial charge in [-0.2, -0.15) is 0 Å². The minimum absolute atomic E-state index is 0.121. The largest absolute Gasteiger partial charge is 0.465 e. The molecule has 0 saturated heterocycles. The first-order valence-electron chi connectivity index (χ1n) is 4.26. The molecule has 0 amide bonds. The van der Waals surface area contributed by atoms with Gasteiger partial charge in [0.1, 0.15) is 17.1 Å². The lowest BCUT2D eigenvalue weighted by Crippen LogP contribution is -2.14. The summed E-state index contributed by atoms with van der Waals surface area (Å²) in [6.45, 7) is -0.244. The topological polar surface area (TPSA) is 65.2 Å². The van der Waals surface area contributed by atoms with Crippen LogP contribution in [0.2, 0.25) is 0 Å². The van der Waals surface area contributed by atoms with Crippen LogP contribution in [0.3, 0.4) is 0 Å². The number of pyridine rings is 1. The van der Waals surface area contributed by atoms with Gasteiger partial charge in [0.15, 0.2) is 0 Å². The average Bonchev–Trinajstić information content (AvgIpc) is 2.27. The molecule has 7 heteroatoms. The molecular formula is C9H9F3N2O2. The van der Waals surface area contributed by atoms with Crippen molar-refractivity contribution in [3.63, 3.8) is 0 Å². The number of hydrogen-bond acceptors (Lipinski definition) is 4. The Bertz CT molecular complexity index is 410. The monoisotopic (exact) mass is 234 g/mol. The van der Waals surface area contributed by atoms with Gasteiger partial charge in [0.2, 0.25) is 0 Å². The van der Waals surface area contributed by atoms with Crippen LogP contribution in [0.5, 0.6) is 0 Å². The van der Waals surface area contributed by atoms with Crippen LogP contribution in [0.15, 0.2) is 6.20 Å². The van der Waals surface area contributed by atoms with Crippen molar-refractivity contribution in [1.82, 2.24) is 4.98 Å². The van der Waals surface area contributed by atoms with Crippen LogP contribution in [-0.2, 0) is 11.3 Å². The zero-order valence-electron chi connectivity index (χ0n) is 8.34. The summed E-state index contributed by atoms with van der Waals surface area (Å²) in [5.74, 6) is -2.31. The Morgan fingerprint density at radius 3 is 2.69 bits per heavy atom. The van der Waals surface area contributed by atoms with Crippen molar-refractivity contribution in [3.05, 3.63) is 28.8 Å². The summed E-state index contributed by atoms with van der Waals surface area (Å²) in [5.41, 5.74) is 3.24. The third kappa shape index (κ3) is 2.13. The summed E-state index contributed by atoms with van der Waals surface area (Å²) in [4.78, 5) is 14.5. The van der Waals surface area contributed by atoms with Gasteiger partial charge in [-0.3, -0.25) is 4.98 Å². The van der Waals surface area contributed by atoms with Crippen LogP contribution in [0.1, 0.15) is 28.0 Å². The van der Waals surface area contributed by atoms with Crippen molar-refractivity contribution in [1.29, 1.82) is 0 Å². The van der Waals surface area contributed by atoms with Gasteiger partial charge in [-0.1, -0.05) is 0 Å². The third-order valence-electron chi connectivity index (χ3n) is 1.93. The van der Waals surface area contributed by atoms with Gasteiger partial charge in [0.05, 0.1) is 7.11 Å². The second-order valence-electron chi connectivity index (χ2n) is 2.85. The lowest BCUT2D eigenvalue weighted by atomic mass is 10.1. The number of nitrogens with zero attached hydrogens (tertiary/aromatic N) is 1. The maximum Gasteiger partial charge on any atom is 0.342 e. The van der Waals surface area contributed by atoms with E-state index in [-0.39, 0.29) is 12.1 Å². The first-order chi connectivity index (χ1) is 7.52. The predicted molar refractivity (Wildman–Crippen MR) is 48.4 cm³/mol. The molecule has 0 aliphatic carbocycles. The number of rotatable bonds is 3. The quantitative estimate of drug-likeness (QED) is 0.803. The van der Waals surface area contributed by atoms with Crippen molar-refractivity contribution in [2.24, 2.45) is 5.73 Å². The summed E-state index contributed by atoms with van der Waals surface area (Å²) in [7, 11) is 0.964. The number of methoxy groups -OCH3 is 1. The molecule has 0 aliphatic rings. The number of carbonyl (C=O) groups is 1. The first kappa shape index (κ1) is 12.4. The predicted octanol–water partition coefficient (Wildman–Crippen LogP) is 1.40. The second kappa shape index (κ2) is 4.93. The SMILES string of the molecule is COC(=O)c1c(C(F)F)ncc(CN)c1F. The van der Waals surface area contributed by atoms with Crippen LogP contribution in [-0.4, -0.2) is 18.1 Å². The fraction of sp³-hybridized carbons (Fsp3) is 0.333. The molecule has 16 heavy (non-hydrogen) atoms. The second-order valence-corrected chi connectivity index (χ2v) is 2.85. The lowest BCUT2D eigenvalue weighted by Gasteiger charge is -2.09.